The van der Waals surface area contributed by atoms with Crippen molar-refractivity contribution in [3.8, 4) is 11.6 Å². The summed E-state index contributed by atoms with van der Waals surface area (Å²) in [6.07, 6.45) is -0.103. The summed E-state index contributed by atoms with van der Waals surface area (Å²) in [5, 5.41) is 59.3. The third-order valence-electron chi connectivity index (χ3n) is 19.7. The third kappa shape index (κ3) is 17.9. The van der Waals surface area contributed by atoms with Crippen LogP contribution in [0.1, 0.15) is 62.3 Å². The van der Waals surface area contributed by atoms with Crippen LogP contribution in [0, 0.1) is 0 Å². The molecule has 7 aromatic heterocycles. The Morgan fingerprint density at radius 3 is 1.38 bits per heavy atom. The Labute approximate surface area is 689 Å². The largest absolute Gasteiger partial charge is 0.503 e. The first-order chi connectivity index (χ1) is 59.0. The average Bonchev–Trinajstić information content (AvgIpc) is 1.59. The number of nitrogens with one attached hydrogen (secondary N) is 8. The Morgan fingerprint density at radius 2 is 0.893 bits per heavy atom. The molecular formula is C80H77N21O21. The number of carboxylic acid groups (broad SMARTS) is 2. The molecule has 8 amide bonds. The van der Waals surface area contributed by atoms with Crippen molar-refractivity contribution in [2.45, 2.75) is 132 Å². The van der Waals surface area contributed by atoms with Gasteiger partial charge in [0.25, 0.3) is 17.7 Å². The number of para-hydroxylation sites is 3. The highest BCUT2D eigenvalue weighted by Gasteiger charge is 2.60. The number of anilines is 7. The van der Waals surface area contributed by atoms with Crippen LogP contribution in [0.25, 0.3) is 33.5 Å². The van der Waals surface area contributed by atoms with E-state index in [2.05, 4.69) is 92.4 Å². The Hall–Kier alpha value is -14.2. The molecule has 122 heavy (non-hydrogen) atoms. The highest BCUT2D eigenvalue weighted by atomic mass is 16.8. The van der Waals surface area contributed by atoms with Crippen LogP contribution in [0.15, 0.2) is 202 Å². The van der Waals surface area contributed by atoms with Crippen LogP contribution in [0.5, 0.6) is 11.6 Å². The fourth-order valence-corrected chi connectivity index (χ4v) is 14.5. The fraction of sp³-hybridized carbons (Fsp3) is 0.287. The lowest BCUT2D eigenvalue weighted by atomic mass is 10.1. The molecule has 5 aromatic carbocycles. The van der Waals surface area contributed by atoms with E-state index in [0.29, 0.717) is 51.5 Å². The van der Waals surface area contributed by atoms with Gasteiger partial charge in [0.15, 0.2) is 105 Å². The number of rotatable bonds is 21. The van der Waals surface area contributed by atoms with Crippen LogP contribution >= 0.6 is 0 Å². The molecular weight excluding hydrogens is 1590 g/mol. The number of carbonyl (C=O) groups excluding carboxylic acids is 5. The molecule has 12 aromatic rings. The van der Waals surface area contributed by atoms with E-state index in [9.17, 15) is 54.0 Å². The predicted molar refractivity (Wildman–Crippen MR) is 426 cm³/mol. The lowest BCUT2D eigenvalue weighted by Gasteiger charge is -2.24. The number of imidazole rings is 3. The number of aromatic carboxylic acids is 1. The van der Waals surface area contributed by atoms with Crippen molar-refractivity contribution in [2.75, 3.05) is 50.4 Å². The average molecular weight is 1670 g/mol. The Bertz CT molecular complexity index is 5840. The van der Waals surface area contributed by atoms with E-state index in [-0.39, 0.29) is 52.4 Å². The van der Waals surface area contributed by atoms with Gasteiger partial charge in [0, 0.05) is 35.4 Å². The molecule has 628 valence electrons. The number of aromatic nitrogens is 13. The zero-order valence-electron chi connectivity index (χ0n) is 64.8. The lowest BCUT2D eigenvalue weighted by Crippen LogP contribution is -2.50. The van der Waals surface area contributed by atoms with Crippen molar-refractivity contribution in [3.05, 3.63) is 213 Å². The summed E-state index contributed by atoms with van der Waals surface area (Å²) >= 11 is 0. The van der Waals surface area contributed by atoms with Crippen LogP contribution in [-0.4, -0.2) is 218 Å². The molecule has 0 saturated carbocycles. The SMILES string of the molecule is CC1(C)OC2C(C(=O)Nc3cccc(C(=O)O)c3)OC(n3cnc4c(NC(=O)Nc5ccccc5)ncnc43)C2O1.CC1(C)OC2C(COc3ncccc3O)OC(n3cnc4c(NC(=O)Nc5ccccc5)ncnc43)C2O1.O=C(Nc1ccccc1)Nc1ncnc2c1ncn2C1OC(C(=O)NC(CO)C(=O)O)C2OC(Cc3ccccc3)OC21. The van der Waals surface area contributed by atoms with Crippen LogP contribution < -0.4 is 47.3 Å². The van der Waals surface area contributed by atoms with Crippen molar-refractivity contribution in [3.63, 3.8) is 0 Å². The van der Waals surface area contributed by atoms with Gasteiger partial charge in [-0.05, 0) is 100.0 Å². The van der Waals surface area contributed by atoms with Crippen LogP contribution in [0.4, 0.5) is 54.6 Å². The maximum Gasteiger partial charge on any atom is 0.335 e. The molecule has 0 aliphatic carbocycles. The van der Waals surface area contributed by atoms with Gasteiger partial charge in [-0.15, -0.1) is 0 Å². The third-order valence-corrected chi connectivity index (χ3v) is 19.7. The molecule has 14 unspecified atom stereocenters. The molecule has 6 aliphatic heterocycles. The molecule has 6 fully saturated rings. The summed E-state index contributed by atoms with van der Waals surface area (Å²) in [4.78, 5) is 130. The van der Waals surface area contributed by atoms with E-state index < -0.39 is 146 Å². The van der Waals surface area contributed by atoms with Gasteiger partial charge in [-0.3, -0.25) is 39.2 Å². The predicted octanol–water partition coefficient (Wildman–Crippen LogP) is 7.57. The van der Waals surface area contributed by atoms with E-state index in [1.54, 1.807) is 102 Å². The Balaban J connectivity index is 0.000000136. The minimum absolute atomic E-state index is 0.0268. The Kier molecular flexibility index (Phi) is 23.4. The molecule has 0 radical (unpaired) electrons. The van der Waals surface area contributed by atoms with Crippen LogP contribution in [0.2, 0.25) is 0 Å². The van der Waals surface area contributed by atoms with Crippen molar-refractivity contribution >= 4 is 116 Å². The van der Waals surface area contributed by atoms with E-state index in [4.69, 9.17) is 47.4 Å². The summed E-state index contributed by atoms with van der Waals surface area (Å²) in [6, 6.07) is 42.3. The van der Waals surface area contributed by atoms with Crippen LogP contribution in [0.3, 0.4) is 0 Å². The zero-order chi connectivity index (χ0) is 84.9. The molecule has 42 heteroatoms. The number of amides is 8. The number of urea groups is 3. The summed E-state index contributed by atoms with van der Waals surface area (Å²) in [5.74, 6) is -5.13. The van der Waals surface area contributed by atoms with E-state index >= 15 is 0 Å². The normalized spacial score (nSPS) is 23.3. The second-order valence-electron chi connectivity index (χ2n) is 29.0. The molecule has 0 bridgehead atoms. The first-order valence-corrected chi connectivity index (χ1v) is 38.0. The molecule has 0 spiro atoms. The molecule has 6 saturated heterocycles. The number of carbonyl (C=O) groups is 7. The highest BCUT2D eigenvalue weighted by Crippen LogP contribution is 2.47. The molecule has 12 N–H and O–H groups in total. The number of hydrogen-bond acceptors (Lipinski definition) is 29. The van der Waals surface area contributed by atoms with Crippen molar-refractivity contribution in [1.82, 2.24) is 68.9 Å². The number of benzene rings is 5. The number of aliphatic hydroxyl groups is 1. The number of pyridine rings is 1. The van der Waals surface area contributed by atoms with Gasteiger partial charge in [0.1, 0.15) is 74.4 Å². The van der Waals surface area contributed by atoms with Crippen molar-refractivity contribution in [2.24, 2.45) is 0 Å². The molecule has 42 nitrogen and oxygen atoms in total. The first-order valence-electron chi connectivity index (χ1n) is 38.0. The van der Waals surface area contributed by atoms with Crippen LogP contribution in [-0.2, 0) is 63.4 Å². The second-order valence-corrected chi connectivity index (χ2v) is 29.0. The topological polar surface area (TPSA) is 533 Å². The summed E-state index contributed by atoms with van der Waals surface area (Å²) in [5.41, 5.74) is 5.08. The monoisotopic (exact) mass is 1670 g/mol. The standard InChI is InChI=1S/C28H27N7O8.C27H25N7O7.C25H25N7O6/c36-12-17(27(38)39)33-25(37)21-20-22(42-18(41-20)11-15-7-3-1-4-8-15)26(43-21)35-14-31-19-23(29-13-30-24(19)35)34-28(40)32-16-9-5-2-6-10-16;1-27(2)40-18-19(23(35)31-16-10-6-7-14(11-16)25(36)37)39-24(20(18)41-27)34-13-30-17-21(28-12-29-22(17)34)33-26(38)32-15-8-4-3-5-9-15;1-25(2)37-18-16(11-35-22-15(33)9-6-10-26-22)36-23(19(18)38-25)32-13-29-17-20(27-12-28-21(17)32)31-24(34)30-14-7-4-3-5-8-14/h1-10,13-14,17-18,20-22,26,36H,11-12H2,(H,33,37)(H,38,39)(H2,29,30,32,34,40);3-13,18-20,24H,1-2H3,(H,31,35)(H,36,37)(H2,28,29,32,33,38);3-10,12-13,16,18-19,23,33H,11H2,1-2H3,(H2,27,28,30,31,34). The number of aliphatic carboxylic acids is 1. The van der Waals surface area contributed by atoms with Gasteiger partial charge < -0.3 is 94.4 Å². The smallest absolute Gasteiger partial charge is 0.335 e. The minimum Gasteiger partial charge on any atom is -0.503 e. The molecule has 18 rings (SSSR count). The number of carboxylic acids is 2. The maximum atomic E-state index is 13.3. The molecule has 6 aliphatic rings. The molecule has 14 atom stereocenters. The summed E-state index contributed by atoms with van der Waals surface area (Å²) in [7, 11) is 0. The van der Waals surface area contributed by atoms with E-state index in [0.717, 1.165) is 5.56 Å². The number of aromatic hydroxyl groups is 1. The fourth-order valence-electron chi connectivity index (χ4n) is 14.5. The lowest BCUT2D eigenvalue weighted by molar-refractivity contribution is -0.199. The zero-order valence-corrected chi connectivity index (χ0v) is 64.8. The minimum atomic E-state index is -1.53. The van der Waals surface area contributed by atoms with E-state index in [1.165, 1.54) is 66.7 Å². The van der Waals surface area contributed by atoms with Gasteiger partial charge in [-0.2, -0.15) is 0 Å². The van der Waals surface area contributed by atoms with Gasteiger partial charge >= 0.3 is 30.0 Å². The van der Waals surface area contributed by atoms with Gasteiger partial charge in [-0.25, -0.2) is 73.8 Å². The van der Waals surface area contributed by atoms with Crippen molar-refractivity contribution < 1.29 is 101 Å². The van der Waals surface area contributed by atoms with Gasteiger partial charge in [0.05, 0.1) is 31.2 Å². The second kappa shape index (κ2) is 35.0. The summed E-state index contributed by atoms with van der Waals surface area (Å²) < 4.78 is 66.0. The van der Waals surface area contributed by atoms with Crippen molar-refractivity contribution in [1.29, 1.82) is 0 Å². The van der Waals surface area contributed by atoms with E-state index in [1.807, 2.05) is 74.5 Å². The number of nitrogens with zero attached hydrogens (tertiary/aromatic N) is 13. The van der Waals surface area contributed by atoms with Gasteiger partial charge in [-0.1, -0.05) is 91.0 Å². The number of aliphatic hydroxyl groups excluding tert-OH is 1. The maximum absolute atomic E-state index is 13.3. The highest BCUT2D eigenvalue weighted by molar-refractivity contribution is 6.05. The Morgan fingerprint density at radius 1 is 0.451 bits per heavy atom. The molecule has 13 heterocycles. The number of ether oxygens (including phenoxy) is 10. The van der Waals surface area contributed by atoms with Gasteiger partial charge in [0.2, 0.25) is 0 Å². The first kappa shape index (κ1) is 81.5. The number of hydrogen-bond donors (Lipinski definition) is 12. The number of fused-ring (bicyclic) bond motifs is 6. The summed E-state index contributed by atoms with van der Waals surface area (Å²) in [6.45, 7) is 6.37. The quantitative estimate of drug-likeness (QED) is 0.0330.